The Labute approximate surface area is 135 Å². The third-order valence-electron chi connectivity index (χ3n) is 4.06. The number of hydrogen-bond donors (Lipinski definition) is 1. The summed E-state index contributed by atoms with van der Waals surface area (Å²) in [5, 5.41) is 9.62. The van der Waals surface area contributed by atoms with Gasteiger partial charge in [-0.2, -0.15) is 10.3 Å². The van der Waals surface area contributed by atoms with Gasteiger partial charge in [0.1, 0.15) is 5.82 Å². The molecule has 1 aliphatic heterocycles. The van der Waals surface area contributed by atoms with E-state index in [0.29, 0.717) is 11.5 Å². The zero-order valence-corrected chi connectivity index (χ0v) is 12.8. The molecular weight excluding hydrogens is 286 g/mol. The molecule has 4 heteroatoms. The second-order valence-electron chi connectivity index (χ2n) is 5.34. The largest absolute Gasteiger partial charge is 0.484 e. The number of benzene rings is 2. The van der Waals surface area contributed by atoms with Gasteiger partial charge in [-0.25, -0.2) is 0 Å². The first-order chi connectivity index (χ1) is 11.3. The summed E-state index contributed by atoms with van der Waals surface area (Å²) in [5.74, 6) is 0.369. The Hall–Kier alpha value is -3.06. The molecule has 1 heterocycles. The topological polar surface area (TPSA) is 71.4 Å². The zero-order chi connectivity index (χ0) is 16.2. The molecule has 0 saturated carbocycles. The lowest BCUT2D eigenvalue weighted by Gasteiger charge is -2.31. The molecule has 3 rings (SSSR count). The van der Waals surface area contributed by atoms with E-state index in [2.05, 4.69) is 11.1 Å². The minimum absolute atomic E-state index is 0.175. The maximum atomic E-state index is 9.62. The van der Waals surface area contributed by atoms with E-state index in [1.165, 1.54) is 0 Å². The van der Waals surface area contributed by atoms with Crippen LogP contribution in [-0.4, -0.2) is 13.0 Å². The summed E-state index contributed by atoms with van der Waals surface area (Å²) in [6.07, 6.45) is 0. The highest BCUT2D eigenvalue weighted by Gasteiger charge is 2.37. The number of nitrogens with two attached hydrogens (primary N) is 1. The van der Waals surface area contributed by atoms with Gasteiger partial charge in [-0.1, -0.05) is 60.7 Å². The van der Waals surface area contributed by atoms with Crippen LogP contribution >= 0.6 is 0 Å². The molecule has 2 N–H and O–H groups in total. The summed E-state index contributed by atoms with van der Waals surface area (Å²) in [6.45, 7) is 0. The number of hydrogen-bond acceptors (Lipinski definition) is 4. The summed E-state index contributed by atoms with van der Waals surface area (Å²) >= 11 is 0. The zero-order valence-electron chi connectivity index (χ0n) is 12.8. The highest BCUT2D eigenvalue weighted by atomic mass is 16.5. The van der Waals surface area contributed by atoms with Gasteiger partial charge in [0.2, 0.25) is 0 Å². The van der Waals surface area contributed by atoms with Crippen LogP contribution in [0, 0.1) is 11.3 Å². The third-order valence-corrected chi connectivity index (χ3v) is 4.06. The molecule has 0 fully saturated rings. The molecular formula is C19H17N3O. The van der Waals surface area contributed by atoms with E-state index >= 15 is 0 Å². The Bertz CT molecular complexity index is 788. The van der Waals surface area contributed by atoms with Crippen LogP contribution in [0.1, 0.15) is 23.0 Å². The normalized spacial score (nSPS) is 20.6. The number of nitriles is 1. The fourth-order valence-electron chi connectivity index (χ4n) is 3.03. The average Bonchev–Trinajstić information content (AvgIpc) is 2.62. The van der Waals surface area contributed by atoms with Crippen LogP contribution in [0.5, 0.6) is 0 Å². The number of ether oxygens (including phenoxy) is 1. The number of aliphatic imine (C=N–C) groups is 1. The van der Waals surface area contributed by atoms with Gasteiger partial charge in [0.25, 0.3) is 0 Å². The summed E-state index contributed by atoms with van der Waals surface area (Å²) in [4.78, 5) is 4.32. The Kier molecular flexibility index (Phi) is 4.11. The predicted octanol–water partition coefficient (Wildman–Crippen LogP) is 3.31. The van der Waals surface area contributed by atoms with Crippen molar-refractivity contribution in [3.63, 3.8) is 0 Å². The van der Waals surface area contributed by atoms with E-state index in [-0.39, 0.29) is 17.7 Å². The molecule has 0 spiro atoms. The van der Waals surface area contributed by atoms with Crippen LogP contribution in [0.25, 0.3) is 0 Å². The van der Waals surface area contributed by atoms with Crippen molar-refractivity contribution in [2.24, 2.45) is 10.7 Å². The minimum atomic E-state index is -0.212. The Morgan fingerprint density at radius 1 is 0.957 bits per heavy atom. The molecule has 2 aromatic rings. The summed E-state index contributed by atoms with van der Waals surface area (Å²) < 4.78 is 5.50. The highest BCUT2D eigenvalue weighted by molar-refractivity contribution is 5.88. The van der Waals surface area contributed by atoms with E-state index in [0.717, 1.165) is 11.1 Å². The summed E-state index contributed by atoms with van der Waals surface area (Å²) in [7, 11) is 1.58. The molecule has 0 amide bonds. The molecule has 4 nitrogen and oxygen atoms in total. The lowest BCUT2D eigenvalue weighted by atomic mass is 9.75. The van der Waals surface area contributed by atoms with Gasteiger partial charge < -0.3 is 10.5 Å². The van der Waals surface area contributed by atoms with Crippen LogP contribution in [0.15, 0.2) is 77.1 Å². The van der Waals surface area contributed by atoms with E-state index in [9.17, 15) is 5.26 Å². The minimum Gasteiger partial charge on any atom is -0.484 e. The average molecular weight is 303 g/mol. The van der Waals surface area contributed by atoms with Gasteiger partial charge in [0, 0.05) is 5.92 Å². The second kappa shape index (κ2) is 6.37. The lowest BCUT2D eigenvalue weighted by molar-refractivity contribution is 0.372. The van der Waals surface area contributed by atoms with Crippen molar-refractivity contribution in [1.29, 1.82) is 5.26 Å². The van der Waals surface area contributed by atoms with Crippen LogP contribution in [0.3, 0.4) is 0 Å². The van der Waals surface area contributed by atoms with Crippen molar-refractivity contribution in [2.75, 3.05) is 7.11 Å². The van der Waals surface area contributed by atoms with Crippen LogP contribution in [-0.2, 0) is 4.74 Å². The molecule has 0 aliphatic carbocycles. The molecule has 114 valence electrons. The van der Waals surface area contributed by atoms with Gasteiger partial charge in [-0.15, -0.1) is 0 Å². The van der Waals surface area contributed by atoms with Gasteiger partial charge in [-0.3, -0.25) is 0 Å². The molecule has 2 aromatic carbocycles. The van der Waals surface area contributed by atoms with E-state index in [1.54, 1.807) is 7.11 Å². The van der Waals surface area contributed by atoms with Gasteiger partial charge >= 0.3 is 0 Å². The van der Waals surface area contributed by atoms with E-state index in [1.807, 2.05) is 60.7 Å². The molecule has 0 radical (unpaired) electrons. The Morgan fingerprint density at radius 3 is 1.96 bits per heavy atom. The fraction of sp³-hybridized carbons (Fsp3) is 0.158. The quantitative estimate of drug-likeness (QED) is 0.925. The van der Waals surface area contributed by atoms with Crippen LogP contribution < -0.4 is 5.73 Å². The van der Waals surface area contributed by atoms with Crippen LogP contribution in [0.4, 0.5) is 0 Å². The Balaban J connectivity index is 2.21. The van der Waals surface area contributed by atoms with Crippen molar-refractivity contribution in [3.8, 4) is 6.07 Å². The molecule has 0 bridgehead atoms. The lowest BCUT2D eigenvalue weighted by Crippen LogP contribution is -2.29. The number of rotatable bonds is 2. The van der Waals surface area contributed by atoms with Gasteiger partial charge in [-0.05, 0) is 11.1 Å². The first kappa shape index (κ1) is 14.9. The SMILES string of the molecule is COC1=NC(N)=C(C#N)C(c2ccccc2)C1c1ccccc1. The van der Waals surface area contributed by atoms with Crippen molar-refractivity contribution in [3.05, 3.63) is 83.2 Å². The monoisotopic (exact) mass is 303 g/mol. The Morgan fingerprint density at radius 2 is 1.48 bits per heavy atom. The summed E-state index contributed by atoms with van der Waals surface area (Å²) in [6, 6.07) is 22.1. The van der Waals surface area contributed by atoms with E-state index in [4.69, 9.17) is 10.5 Å². The molecule has 1 aliphatic rings. The smallest absolute Gasteiger partial charge is 0.198 e. The number of allylic oxidation sites excluding steroid dienone is 1. The maximum absolute atomic E-state index is 9.62. The maximum Gasteiger partial charge on any atom is 0.198 e. The first-order valence-electron chi connectivity index (χ1n) is 7.38. The van der Waals surface area contributed by atoms with Crippen molar-refractivity contribution >= 4 is 5.90 Å². The summed E-state index contributed by atoms with van der Waals surface area (Å²) in [5.41, 5.74) is 8.55. The van der Waals surface area contributed by atoms with Crippen molar-refractivity contribution in [2.45, 2.75) is 11.8 Å². The molecule has 2 atom stereocenters. The molecule has 0 saturated heterocycles. The van der Waals surface area contributed by atoms with Crippen LogP contribution in [0.2, 0.25) is 0 Å². The fourth-order valence-corrected chi connectivity index (χ4v) is 3.03. The second-order valence-corrected chi connectivity index (χ2v) is 5.34. The standard InChI is InChI=1S/C19H17N3O/c1-23-19-17(14-10-6-3-7-11-14)16(13-8-4-2-5-9-13)15(12-20)18(21)22-19/h2-11,16-17H,21H2,1H3. The molecule has 23 heavy (non-hydrogen) atoms. The molecule has 0 aromatic heterocycles. The third kappa shape index (κ3) is 2.69. The van der Waals surface area contributed by atoms with Gasteiger partial charge in [0.05, 0.1) is 24.7 Å². The highest BCUT2D eigenvalue weighted by Crippen LogP contribution is 2.43. The predicted molar refractivity (Wildman–Crippen MR) is 89.6 cm³/mol. The van der Waals surface area contributed by atoms with Crippen molar-refractivity contribution in [1.82, 2.24) is 0 Å². The van der Waals surface area contributed by atoms with E-state index < -0.39 is 0 Å². The number of nitrogens with zero attached hydrogens (tertiary/aromatic N) is 2. The van der Waals surface area contributed by atoms with Gasteiger partial charge in [0.15, 0.2) is 5.90 Å². The first-order valence-corrected chi connectivity index (χ1v) is 7.38. The molecule has 2 unspecified atom stereocenters. The number of methoxy groups -OCH3 is 1. The van der Waals surface area contributed by atoms with Crippen molar-refractivity contribution < 1.29 is 4.74 Å².